The summed E-state index contributed by atoms with van der Waals surface area (Å²) in [4.78, 5) is 23.2. The van der Waals surface area contributed by atoms with Crippen LogP contribution in [-0.4, -0.2) is 32.6 Å². The predicted octanol–water partition coefficient (Wildman–Crippen LogP) is 0.0610. The second-order valence-corrected chi connectivity index (χ2v) is 3.77. The highest BCUT2D eigenvalue weighted by atomic mass is 16.5. The number of hydrogen-bond donors (Lipinski definition) is 0. The quantitative estimate of drug-likeness (QED) is 0.702. The van der Waals surface area contributed by atoms with E-state index in [1.54, 1.807) is 30.9 Å². The number of carbonyl (C=O) groups excluding carboxylic acids is 1. The first kappa shape index (κ1) is 12.0. The second kappa shape index (κ2) is 4.44. The largest absolute Gasteiger partial charge is 0.464 e. The highest BCUT2D eigenvalue weighted by molar-refractivity contribution is 5.86. The Morgan fingerprint density at radius 1 is 1.39 bits per heavy atom. The van der Waals surface area contributed by atoms with Gasteiger partial charge >= 0.3 is 5.97 Å². The van der Waals surface area contributed by atoms with E-state index < -0.39 is 11.4 Å². The van der Waals surface area contributed by atoms with Crippen LogP contribution >= 0.6 is 0 Å². The van der Waals surface area contributed by atoms with Gasteiger partial charge in [0.2, 0.25) is 11.1 Å². The van der Waals surface area contributed by atoms with Crippen LogP contribution in [0.2, 0.25) is 0 Å². The molecule has 2 aromatic heterocycles. The van der Waals surface area contributed by atoms with Crippen LogP contribution in [0.15, 0.2) is 23.3 Å². The second-order valence-electron chi connectivity index (χ2n) is 3.77. The molecule has 2 heterocycles. The highest BCUT2D eigenvalue weighted by Crippen LogP contribution is 2.03. The first-order chi connectivity index (χ1) is 8.52. The number of ether oxygens (including phenoxy) is 1. The van der Waals surface area contributed by atoms with Crippen molar-refractivity contribution >= 4 is 5.97 Å². The number of nitrogens with zero attached hydrogens (tertiary/aromatic N) is 4. The number of esters is 1. The molecule has 7 heteroatoms. The molecule has 94 valence electrons. The molecule has 0 saturated carbocycles. The molecule has 0 bridgehead atoms. The predicted molar refractivity (Wildman–Crippen MR) is 62.7 cm³/mol. The van der Waals surface area contributed by atoms with Crippen molar-refractivity contribution in [2.75, 3.05) is 7.11 Å². The van der Waals surface area contributed by atoms with Gasteiger partial charge in [0, 0.05) is 31.1 Å². The third kappa shape index (κ3) is 2.02. The van der Waals surface area contributed by atoms with Gasteiger partial charge in [-0.2, -0.15) is 10.2 Å². The zero-order valence-corrected chi connectivity index (χ0v) is 10.2. The van der Waals surface area contributed by atoms with Gasteiger partial charge < -0.3 is 4.74 Å². The maximum Gasteiger partial charge on any atom is 0.362 e. The number of hydrogen-bond acceptors (Lipinski definition) is 5. The molecular weight excluding hydrogens is 236 g/mol. The van der Waals surface area contributed by atoms with Crippen molar-refractivity contribution in [2.45, 2.75) is 6.92 Å². The van der Waals surface area contributed by atoms with Gasteiger partial charge in [0.1, 0.15) is 0 Å². The van der Waals surface area contributed by atoms with E-state index in [2.05, 4.69) is 14.9 Å². The summed E-state index contributed by atoms with van der Waals surface area (Å²) in [5.74, 6) is -0.237. The highest BCUT2D eigenvalue weighted by Gasteiger charge is 2.16. The molecule has 0 saturated heterocycles. The molecule has 7 nitrogen and oxygen atoms in total. The number of aromatic nitrogens is 4. The fourth-order valence-electron chi connectivity index (χ4n) is 1.48. The molecule has 0 fully saturated rings. The first-order valence-electron chi connectivity index (χ1n) is 5.22. The zero-order valence-electron chi connectivity index (χ0n) is 10.2. The Labute approximate surface area is 103 Å². The van der Waals surface area contributed by atoms with E-state index in [0.717, 1.165) is 0 Å². The van der Waals surface area contributed by atoms with E-state index in [0.29, 0.717) is 11.4 Å². The standard InChI is InChI=1S/C11H12N4O3/c1-7-6-15(8-4-5-14(2)12-8)13-9(10(7)16)11(17)18-3/h4-6H,1-3H3. The fourth-order valence-corrected chi connectivity index (χ4v) is 1.48. The van der Waals surface area contributed by atoms with Gasteiger partial charge in [0.15, 0.2) is 5.82 Å². The Morgan fingerprint density at radius 2 is 2.11 bits per heavy atom. The summed E-state index contributed by atoms with van der Waals surface area (Å²) in [6, 6.07) is 1.72. The molecule has 0 amide bonds. The molecular formula is C11H12N4O3. The summed E-state index contributed by atoms with van der Waals surface area (Å²) in [7, 11) is 2.97. The lowest BCUT2D eigenvalue weighted by atomic mass is 10.2. The van der Waals surface area contributed by atoms with Crippen molar-refractivity contribution in [3.8, 4) is 5.82 Å². The molecule has 2 rings (SSSR count). The minimum Gasteiger partial charge on any atom is -0.464 e. The lowest BCUT2D eigenvalue weighted by Gasteiger charge is -2.05. The van der Waals surface area contributed by atoms with Gasteiger partial charge in [0.25, 0.3) is 0 Å². The third-order valence-corrected chi connectivity index (χ3v) is 2.41. The molecule has 0 aromatic carbocycles. The maximum absolute atomic E-state index is 11.8. The van der Waals surface area contributed by atoms with Crippen LogP contribution in [0.3, 0.4) is 0 Å². The monoisotopic (exact) mass is 248 g/mol. The van der Waals surface area contributed by atoms with Crippen LogP contribution < -0.4 is 5.43 Å². The Hall–Kier alpha value is -2.44. The summed E-state index contributed by atoms with van der Waals surface area (Å²) in [6.45, 7) is 1.61. The van der Waals surface area contributed by atoms with Crippen LogP contribution in [0, 0.1) is 6.92 Å². The van der Waals surface area contributed by atoms with E-state index in [1.165, 1.54) is 18.0 Å². The van der Waals surface area contributed by atoms with Gasteiger partial charge in [-0.05, 0) is 6.92 Å². The van der Waals surface area contributed by atoms with Crippen LogP contribution in [0.4, 0.5) is 0 Å². The maximum atomic E-state index is 11.8. The lowest BCUT2D eigenvalue weighted by molar-refractivity contribution is 0.0590. The number of methoxy groups -OCH3 is 1. The van der Waals surface area contributed by atoms with Gasteiger partial charge in [-0.25, -0.2) is 9.48 Å². The summed E-state index contributed by atoms with van der Waals surface area (Å²) in [5.41, 5.74) is -0.284. The summed E-state index contributed by atoms with van der Waals surface area (Å²) < 4.78 is 7.51. The molecule has 0 N–H and O–H groups in total. The Bertz CT molecular complexity index is 657. The Morgan fingerprint density at radius 3 is 2.67 bits per heavy atom. The Balaban J connectivity index is 2.61. The Kier molecular flexibility index (Phi) is 2.97. The number of carbonyl (C=O) groups is 1. The average molecular weight is 248 g/mol. The van der Waals surface area contributed by atoms with Gasteiger partial charge in [-0.1, -0.05) is 0 Å². The first-order valence-corrected chi connectivity index (χ1v) is 5.22. The molecule has 0 aliphatic carbocycles. The summed E-state index contributed by atoms with van der Waals surface area (Å²) in [6.07, 6.45) is 3.26. The summed E-state index contributed by atoms with van der Waals surface area (Å²) in [5, 5.41) is 8.08. The van der Waals surface area contributed by atoms with Crippen molar-refractivity contribution in [1.82, 2.24) is 19.6 Å². The van der Waals surface area contributed by atoms with Crippen molar-refractivity contribution in [2.24, 2.45) is 7.05 Å². The van der Waals surface area contributed by atoms with Gasteiger partial charge in [0.05, 0.1) is 7.11 Å². The molecule has 0 atom stereocenters. The van der Waals surface area contributed by atoms with Gasteiger partial charge in [-0.3, -0.25) is 9.48 Å². The molecule has 18 heavy (non-hydrogen) atoms. The van der Waals surface area contributed by atoms with E-state index in [-0.39, 0.29) is 5.69 Å². The number of aryl methyl sites for hydroxylation is 2. The van der Waals surface area contributed by atoms with E-state index >= 15 is 0 Å². The number of rotatable bonds is 2. The van der Waals surface area contributed by atoms with Gasteiger partial charge in [-0.15, -0.1) is 0 Å². The van der Waals surface area contributed by atoms with Crippen molar-refractivity contribution in [3.63, 3.8) is 0 Å². The average Bonchev–Trinajstić information content (AvgIpc) is 2.78. The van der Waals surface area contributed by atoms with E-state index in [4.69, 9.17) is 0 Å². The summed E-state index contributed by atoms with van der Waals surface area (Å²) >= 11 is 0. The van der Waals surface area contributed by atoms with Crippen LogP contribution in [0.25, 0.3) is 5.82 Å². The van der Waals surface area contributed by atoms with Crippen LogP contribution in [-0.2, 0) is 11.8 Å². The van der Waals surface area contributed by atoms with Crippen LogP contribution in [0.1, 0.15) is 16.1 Å². The molecule has 0 spiro atoms. The molecule has 0 radical (unpaired) electrons. The SMILES string of the molecule is COC(=O)c1nn(-c2ccn(C)n2)cc(C)c1=O. The molecule has 0 aliphatic rings. The minimum atomic E-state index is -0.756. The van der Waals surface area contributed by atoms with E-state index in [1.807, 2.05) is 0 Å². The van der Waals surface area contributed by atoms with Crippen molar-refractivity contribution in [1.29, 1.82) is 0 Å². The lowest BCUT2D eigenvalue weighted by Crippen LogP contribution is -2.24. The normalized spacial score (nSPS) is 10.4. The topological polar surface area (TPSA) is 79.0 Å². The molecule has 0 aliphatic heterocycles. The third-order valence-electron chi connectivity index (χ3n) is 2.41. The fraction of sp³-hybridized carbons (Fsp3) is 0.273. The minimum absolute atomic E-state index is 0.247. The van der Waals surface area contributed by atoms with Crippen molar-refractivity contribution < 1.29 is 9.53 Å². The van der Waals surface area contributed by atoms with Crippen molar-refractivity contribution in [3.05, 3.63) is 39.9 Å². The molecule has 0 unspecified atom stereocenters. The smallest absolute Gasteiger partial charge is 0.362 e. The molecule has 2 aromatic rings. The zero-order chi connectivity index (χ0) is 13.3. The van der Waals surface area contributed by atoms with E-state index in [9.17, 15) is 9.59 Å². The van der Waals surface area contributed by atoms with Crippen LogP contribution in [0.5, 0.6) is 0 Å².